The summed E-state index contributed by atoms with van der Waals surface area (Å²) in [5.41, 5.74) is 0.0544. The minimum absolute atomic E-state index is 0.0168. The Morgan fingerprint density at radius 2 is 1.68 bits per heavy atom. The van der Waals surface area contributed by atoms with E-state index in [1.807, 2.05) is 58.0 Å². The Labute approximate surface area is 132 Å². The van der Waals surface area contributed by atoms with Gasteiger partial charge in [-0.3, -0.25) is 4.79 Å². The minimum Gasteiger partial charge on any atom is -0.350 e. The third kappa shape index (κ3) is 3.96. The van der Waals surface area contributed by atoms with Crippen LogP contribution in [0.5, 0.6) is 0 Å². The fourth-order valence-electron chi connectivity index (χ4n) is 3.35. The van der Waals surface area contributed by atoms with Gasteiger partial charge in [-0.2, -0.15) is 0 Å². The lowest BCUT2D eigenvalue weighted by Gasteiger charge is -2.49. The smallest absolute Gasteiger partial charge is 0.244 e. The van der Waals surface area contributed by atoms with E-state index in [2.05, 4.69) is 5.32 Å². The molecule has 1 saturated heterocycles. The molecule has 0 atom stereocenters. The predicted molar refractivity (Wildman–Crippen MR) is 87.3 cm³/mol. The normalized spacial score (nSPS) is 21.9. The third-order valence-corrected chi connectivity index (χ3v) is 4.16. The zero-order valence-electron chi connectivity index (χ0n) is 13.8. The number of amides is 1. The molecule has 1 aliphatic heterocycles. The highest BCUT2D eigenvalue weighted by Gasteiger charge is 2.46. The Bertz CT molecular complexity index is 531. The molecule has 1 amide bonds. The summed E-state index contributed by atoms with van der Waals surface area (Å²) in [6.45, 7) is 7.72. The molecule has 0 bridgehead atoms. The van der Waals surface area contributed by atoms with Crippen molar-refractivity contribution in [3.8, 4) is 0 Å². The van der Waals surface area contributed by atoms with E-state index in [4.69, 9.17) is 0 Å². The lowest BCUT2D eigenvalue weighted by molar-refractivity contribution is -0.289. The van der Waals surface area contributed by atoms with Crippen molar-refractivity contribution in [2.75, 3.05) is 0 Å². The van der Waals surface area contributed by atoms with E-state index in [-0.39, 0.29) is 11.9 Å². The topological polar surface area (TPSA) is 52.2 Å². The summed E-state index contributed by atoms with van der Waals surface area (Å²) in [6.07, 6.45) is 4.67. The van der Waals surface area contributed by atoms with Crippen molar-refractivity contribution in [1.82, 2.24) is 10.4 Å². The van der Waals surface area contributed by atoms with Crippen molar-refractivity contribution in [1.29, 1.82) is 0 Å². The molecule has 0 spiro atoms. The zero-order chi connectivity index (χ0) is 16.4. The first-order valence-electron chi connectivity index (χ1n) is 7.72. The average Bonchev–Trinajstić information content (AvgIpc) is 2.43. The molecule has 1 N–H and O–H groups in total. The van der Waals surface area contributed by atoms with Crippen LogP contribution in [0.2, 0.25) is 0 Å². The first-order valence-corrected chi connectivity index (χ1v) is 7.72. The standard InChI is InChI=1S/C18H25N2O2/c1-17(2)12-15(13-18(3,4)20(17)22)19-16(21)11-10-14-8-6-5-7-9-14/h5-11,15H,12-13H2,1-4H3,(H,19,21). The van der Waals surface area contributed by atoms with Gasteiger partial charge in [0.2, 0.25) is 5.91 Å². The van der Waals surface area contributed by atoms with Crippen LogP contribution in [0.1, 0.15) is 46.1 Å². The number of hydrogen-bond donors (Lipinski definition) is 1. The van der Waals surface area contributed by atoms with Crippen LogP contribution in [0.15, 0.2) is 36.4 Å². The number of hydrogen-bond acceptors (Lipinski definition) is 2. The highest BCUT2D eigenvalue weighted by Crippen LogP contribution is 2.36. The maximum absolute atomic E-state index is 12.3. The maximum Gasteiger partial charge on any atom is 0.244 e. The van der Waals surface area contributed by atoms with Crippen LogP contribution in [-0.4, -0.2) is 28.1 Å². The Hall–Kier alpha value is -1.65. The van der Waals surface area contributed by atoms with Gasteiger partial charge in [0.25, 0.3) is 0 Å². The van der Waals surface area contributed by atoms with E-state index >= 15 is 0 Å². The van der Waals surface area contributed by atoms with Crippen molar-refractivity contribution in [2.24, 2.45) is 0 Å². The van der Waals surface area contributed by atoms with E-state index < -0.39 is 11.1 Å². The van der Waals surface area contributed by atoms with Gasteiger partial charge in [0.15, 0.2) is 0 Å². The molecule has 1 fully saturated rings. The van der Waals surface area contributed by atoms with Gasteiger partial charge in [-0.15, -0.1) is 10.3 Å². The number of nitrogens with one attached hydrogen (secondary N) is 1. The van der Waals surface area contributed by atoms with Crippen molar-refractivity contribution < 1.29 is 10.0 Å². The number of hydroxylamine groups is 2. The van der Waals surface area contributed by atoms with Crippen LogP contribution in [0.4, 0.5) is 0 Å². The molecule has 4 nitrogen and oxygen atoms in total. The van der Waals surface area contributed by atoms with Gasteiger partial charge in [-0.1, -0.05) is 30.3 Å². The van der Waals surface area contributed by atoms with Crippen molar-refractivity contribution >= 4 is 12.0 Å². The molecule has 1 aromatic carbocycles. The molecule has 0 unspecified atom stereocenters. The average molecular weight is 301 g/mol. The van der Waals surface area contributed by atoms with Gasteiger partial charge in [-0.25, -0.2) is 0 Å². The molecule has 0 aromatic heterocycles. The molecular weight excluding hydrogens is 276 g/mol. The highest BCUT2D eigenvalue weighted by molar-refractivity contribution is 5.91. The molecule has 0 aliphatic carbocycles. The molecule has 2 rings (SSSR count). The van der Waals surface area contributed by atoms with Crippen LogP contribution in [0.3, 0.4) is 0 Å². The van der Waals surface area contributed by atoms with E-state index in [0.717, 1.165) is 5.56 Å². The molecule has 22 heavy (non-hydrogen) atoms. The number of benzene rings is 1. The minimum atomic E-state index is -0.469. The fourth-order valence-corrected chi connectivity index (χ4v) is 3.35. The first kappa shape index (κ1) is 16.7. The lowest BCUT2D eigenvalue weighted by atomic mass is 9.79. The molecule has 4 heteroatoms. The Balaban J connectivity index is 1.99. The van der Waals surface area contributed by atoms with Gasteiger partial charge < -0.3 is 5.32 Å². The second kappa shape index (κ2) is 6.23. The summed E-state index contributed by atoms with van der Waals surface area (Å²) in [5.74, 6) is -0.111. The number of carbonyl (C=O) groups is 1. The van der Waals surface area contributed by atoms with Crippen LogP contribution in [0.25, 0.3) is 6.08 Å². The molecule has 1 aliphatic rings. The van der Waals surface area contributed by atoms with E-state index in [1.54, 1.807) is 12.2 Å². The second-order valence-corrected chi connectivity index (χ2v) is 7.28. The van der Waals surface area contributed by atoms with Gasteiger partial charge in [-0.05, 0) is 52.2 Å². The van der Waals surface area contributed by atoms with Gasteiger partial charge in [0.05, 0.1) is 0 Å². The van der Waals surface area contributed by atoms with E-state index in [9.17, 15) is 10.0 Å². The first-order chi connectivity index (χ1) is 10.2. The summed E-state index contributed by atoms with van der Waals surface area (Å²) in [4.78, 5) is 12.1. The van der Waals surface area contributed by atoms with Crippen molar-refractivity contribution in [3.05, 3.63) is 42.0 Å². The molecular formula is C18H25N2O2. The maximum atomic E-state index is 12.3. The van der Waals surface area contributed by atoms with Crippen molar-refractivity contribution in [3.63, 3.8) is 0 Å². The van der Waals surface area contributed by atoms with E-state index in [1.165, 1.54) is 5.06 Å². The SMILES string of the molecule is CC1(C)CC(NC(=O)C=Cc2ccccc2)CC(C)(C)N1[O]. The summed E-state index contributed by atoms with van der Waals surface area (Å²) >= 11 is 0. The van der Waals surface area contributed by atoms with Crippen LogP contribution >= 0.6 is 0 Å². The largest absolute Gasteiger partial charge is 0.350 e. The quantitative estimate of drug-likeness (QED) is 0.872. The number of piperidine rings is 1. The van der Waals surface area contributed by atoms with Crippen LogP contribution < -0.4 is 5.32 Å². The summed E-state index contributed by atoms with van der Waals surface area (Å²) in [5, 5.41) is 16.5. The molecule has 119 valence electrons. The Morgan fingerprint density at radius 1 is 1.14 bits per heavy atom. The number of rotatable bonds is 3. The van der Waals surface area contributed by atoms with E-state index in [0.29, 0.717) is 12.8 Å². The second-order valence-electron chi connectivity index (χ2n) is 7.28. The van der Waals surface area contributed by atoms with Crippen molar-refractivity contribution in [2.45, 2.75) is 57.7 Å². The monoisotopic (exact) mass is 301 g/mol. The zero-order valence-corrected chi connectivity index (χ0v) is 13.8. The highest BCUT2D eigenvalue weighted by atomic mass is 16.5. The van der Waals surface area contributed by atoms with Crippen LogP contribution in [0, 0.1) is 0 Å². The number of nitrogens with zero attached hydrogens (tertiary/aromatic N) is 1. The molecule has 1 heterocycles. The van der Waals surface area contributed by atoms with Gasteiger partial charge in [0.1, 0.15) is 0 Å². The summed E-state index contributed by atoms with van der Waals surface area (Å²) < 4.78 is 0. The number of carbonyl (C=O) groups excluding carboxylic acids is 1. The van der Waals surface area contributed by atoms with Crippen LogP contribution in [-0.2, 0) is 10.0 Å². The Morgan fingerprint density at radius 3 is 2.23 bits per heavy atom. The molecule has 1 aromatic rings. The lowest BCUT2D eigenvalue weighted by Crippen LogP contribution is -2.62. The summed E-state index contributed by atoms with van der Waals surface area (Å²) in [7, 11) is 0. The predicted octanol–water partition coefficient (Wildman–Crippen LogP) is 3.18. The molecule has 0 saturated carbocycles. The summed E-state index contributed by atoms with van der Waals surface area (Å²) in [6, 6.07) is 9.73. The van der Waals surface area contributed by atoms with Gasteiger partial charge in [0, 0.05) is 23.2 Å². The Kier molecular flexibility index (Phi) is 4.73. The molecule has 1 radical (unpaired) electrons. The third-order valence-electron chi connectivity index (χ3n) is 4.16. The van der Waals surface area contributed by atoms with Gasteiger partial charge >= 0.3 is 0 Å². The fraction of sp³-hybridized carbons (Fsp3) is 0.500.